The van der Waals surface area contributed by atoms with E-state index >= 15 is 0 Å². The molecule has 0 bridgehead atoms. The lowest BCUT2D eigenvalue weighted by Gasteiger charge is -2.47. The molecule has 2 saturated heterocycles. The van der Waals surface area contributed by atoms with Crippen LogP contribution in [0.4, 0.5) is 0 Å². The van der Waals surface area contributed by atoms with E-state index in [0.29, 0.717) is 12.2 Å². The normalized spacial score (nSPS) is 20.3. The molecule has 4 rings (SSSR count). The van der Waals surface area contributed by atoms with Crippen LogP contribution in [0.2, 0.25) is 0 Å². The average molecular weight is 404 g/mol. The van der Waals surface area contributed by atoms with Gasteiger partial charge in [-0.2, -0.15) is 11.8 Å². The number of carbonyl (C=O) groups excluding carboxylic acids is 1. The van der Waals surface area contributed by atoms with Gasteiger partial charge in [-0.1, -0.05) is 30.3 Å². The molecule has 144 valence electrons. The molecule has 2 aliphatic rings. The third-order valence-electron chi connectivity index (χ3n) is 5.44. The van der Waals surface area contributed by atoms with Crippen LogP contribution in [-0.4, -0.2) is 65.7 Å². The first-order chi connectivity index (χ1) is 13.3. The first kappa shape index (κ1) is 18.9. The van der Waals surface area contributed by atoms with Crippen molar-refractivity contribution < 1.29 is 9.53 Å². The number of aromatic nitrogens is 1. The maximum Gasteiger partial charge on any atom is 0.270 e. The van der Waals surface area contributed by atoms with E-state index in [1.165, 1.54) is 22.8 Å². The van der Waals surface area contributed by atoms with Gasteiger partial charge in [-0.3, -0.25) is 9.69 Å². The lowest BCUT2D eigenvalue weighted by Crippen LogP contribution is -2.60. The number of carbonyl (C=O) groups is 1. The van der Waals surface area contributed by atoms with Gasteiger partial charge in [-0.25, -0.2) is 4.98 Å². The molecule has 0 radical (unpaired) electrons. The fourth-order valence-corrected chi connectivity index (χ4v) is 5.53. The summed E-state index contributed by atoms with van der Waals surface area (Å²) in [6.45, 7) is 4.39. The Hall–Kier alpha value is -1.41. The number of hydrogen-bond donors (Lipinski definition) is 1. The van der Waals surface area contributed by atoms with E-state index in [1.54, 1.807) is 0 Å². The summed E-state index contributed by atoms with van der Waals surface area (Å²) < 4.78 is 5.60. The fourth-order valence-electron chi connectivity index (χ4n) is 3.82. The van der Waals surface area contributed by atoms with Crippen molar-refractivity contribution in [2.75, 3.05) is 44.4 Å². The predicted molar refractivity (Wildman–Crippen MR) is 112 cm³/mol. The third-order valence-corrected chi connectivity index (χ3v) is 7.27. The van der Waals surface area contributed by atoms with Crippen LogP contribution in [0.5, 0.6) is 0 Å². The van der Waals surface area contributed by atoms with Crippen LogP contribution in [0.1, 0.15) is 23.3 Å². The van der Waals surface area contributed by atoms with Crippen molar-refractivity contribution >= 4 is 29.0 Å². The first-order valence-corrected chi connectivity index (χ1v) is 11.5. The summed E-state index contributed by atoms with van der Waals surface area (Å²) in [7, 11) is 0. The highest BCUT2D eigenvalue weighted by molar-refractivity contribution is 7.99. The maximum absolute atomic E-state index is 12.7. The Labute approximate surface area is 168 Å². The number of thiazole rings is 1. The van der Waals surface area contributed by atoms with Crippen molar-refractivity contribution in [3.8, 4) is 10.6 Å². The number of nitrogens with one attached hydrogen (secondary N) is 1. The average Bonchev–Trinajstić information content (AvgIpc) is 3.24. The van der Waals surface area contributed by atoms with Crippen LogP contribution in [0.25, 0.3) is 10.6 Å². The summed E-state index contributed by atoms with van der Waals surface area (Å²) in [5, 5.41) is 5.91. The third kappa shape index (κ3) is 4.37. The minimum absolute atomic E-state index is 0.0210. The molecule has 1 aromatic heterocycles. The largest absolute Gasteiger partial charge is 0.381 e. The summed E-state index contributed by atoms with van der Waals surface area (Å²) in [5.74, 6) is 2.26. The molecular weight excluding hydrogens is 378 g/mol. The number of thioether (sulfide) groups is 1. The van der Waals surface area contributed by atoms with Crippen molar-refractivity contribution in [3.05, 3.63) is 41.4 Å². The summed E-state index contributed by atoms with van der Waals surface area (Å²) >= 11 is 3.53. The highest BCUT2D eigenvalue weighted by Gasteiger charge is 2.39. The Morgan fingerprint density at radius 1 is 1.19 bits per heavy atom. The molecule has 0 spiro atoms. The van der Waals surface area contributed by atoms with Gasteiger partial charge < -0.3 is 10.1 Å². The number of benzene rings is 1. The molecule has 1 N–H and O–H groups in total. The Kier molecular flexibility index (Phi) is 6.12. The van der Waals surface area contributed by atoms with Crippen LogP contribution in [-0.2, 0) is 4.74 Å². The second kappa shape index (κ2) is 8.73. The lowest BCUT2D eigenvalue weighted by atomic mass is 9.87. The number of hydrogen-bond acceptors (Lipinski definition) is 6. The minimum Gasteiger partial charge on any atom is -0.381 e. The van der Waals surface area contributed by atoms with E-state index in [2.05, 4.69) is 15.2 Å². The van der Waals surface area contributed by atoms with Gasteiger partial charge in [-0.15, -0.1) is 11.3 Å². The van der Waals surface area contributed by atoms with Gasteiger partial charge in [0.1, 0.15) is 10.7 Å². The monoisotopic (exact) mass is 403 g/mol. The zero-order chi connectivity index (χ0) is 18.5. The highest BCUT2D eigenvalue weighted by Crippen LogP contribution is 2.30. The number of rotatable bonds is 5. The minimum atomic E-state index is -0.0781. The zero-order valence-electron chi connectivity index (χ0n) is 15.4. The standard InChI is InChI=1S/C20H25N3O2S2/c24-18(17-14-27-19(22-17)16-4-2-1-3-5-16)21-15-20(6-10-25-11-7-20)23-8-12-26-13-9-23/h1-5,14H,6-13,15H2,(H,21,24). The summed E-state index contributed by atoms with van der Waals surface area (Å²) in [4.78, 5) is 19.9. The van der Waals surface area contributed by atoms with Crippen molar-refractivity contribution in [2.45, 2.75) is 18.4 Å². The van der Waals surface area contributed by atoms with Gasteiger partial charge in [0.2, 0.25) is 0 Å². The van der Waals surface area contributed by atoms with Crippen LogP contribution in [0.15, 0.2) is 35.7 Å². The molecule has 0 saturated carbocycles. The quantitative estimate of drug-likeness (QED) is 0.831. The smallest absolute Gasteiger partial charge is 0.270 e. The maximum atomic E-state index is 12.7. The molecule has 5 nitrogen and oxygen atoms in total. The van der Waals surface area contributed by atoms with Gasteiger partial charge in [-0.05, 0) is 12.8 Å². The zero-order valence-corrected chi connectivity index (χ0v) is 17.0. The molecule has 3 heterocycles. The Morgan fingerprint density at radius 3 is 2.67 bits per heavy atom. The Balaban J connectivity index is 1.43. The molecule has 0 atom stereocenters. The molecule has 1 aromatic carbocycles. The van der Waals surface area contributed by atoms with Crippen molar-refractivity contribution in [2.24, 2.45) is 0 Å². The number of ether oxygens (including phenoxy) is 1. The molecule has 0 unspecified atom stereocenters. The van der Waals surface area contributed by atoms with Crippen molar-refractivity contribution in [1.29, 1.82) is 0 Å². The van der Waals surface area contributed by atoms with Gasteiger partial charge in [0.25, 0.3) is 5.91 Å². The van der Waals surface area contributed by atoms with E-state index in [9.17, 15) is 4.79 Å². The van der Waals surface area contributed by atoms with Gasteiger partial charge in [0, 0.05) is 60.8 Å². The van der Waals surface area contributed by atoms with E-state index < -0.39 is 0 Å². The molecule has 0 aliphatic carbocycles. The van der Waals surface area contributed by atoms with Crippen molar-refractivity contribution in [1.82, 2.24) is 15.2 Å². The van der Waals surface area contributed by atoms with Crippen molar-refractivity contribution in [3.63, 3.8) is 0 Å². The van der Waals surface area contributed by atoms with Crippen LogP contribution in [0.3, 0.4) is 0 Å². The lowest BCUT2D eigenvalue weighted by molar-refractivity contribution is -0.0237. The topological polar surface area (TPSA) is 54.5 Å². The number of nitrogens with zero attached hydrogens (tertiary/aromatic N) is 2. The second-order valence-electron chi connectivity index (χ2n) is 7.02. The molecule has 7 heteroatoms. The van der Waals surface area contributed by atoms with Gasteiger partial charge >= 0.3 is 0 Å². The molecule has 1 amide bonds. The predicted octanol–water partition coefficient (Wildman–Crippen LogP) is 3.14. The molecule has 2 aromatic rings. The Morgan fingerprint density at radius 2 is 1.93 bits per heavy atom. The Bertz CT molecular complexity index is 754. The van der Waals surface area contributed by atoms with E-state index in [4.69, 9.17) is 4.74 Å². The van der Waals surface area contributed by atoms with Gasteiger partial charge in [0.15, 0.2) is 0 Å². The summed E-state index contributed by atoms with van der Waals surface area (Å²) in [6.07, 6.45) is 1.95. The molecule has 2 aliphatic heterocycles. The summed E-state index contributed by atoms with van der Waals surface area (Å²) in [5.41, 5.74) is 1.58. The summed E-state index contributed by atoms with van der Waals surface area (Å²) in [6, 6.07) is 10.00. The van der Waals surface area contributed by atoms with E-state index in [-0.39, 0.29) is 11.4 Å². The fraction of sp³-hybridized carbons (Fsp3) is 0.500. The first-order valence-electron chi connectivity index (χ1n) is 9.47. The van der Waals surface area contributed by atoms with E-state index in [0.717, 1.165) is 49.7 Å². The van der Waals surface area contributed by atoms with Crippen LogP contribution >= 0.6 is 23.1 Å². The number of amides is 1. The van der Waals surface area contributed by atoms with Gasteiger partial charge in [0.05, 0.1) is 0 Å². The molecule has 2 fully saturated rings. The molecule has 27 heavy (non-hydrogen) atoms. The van der Waals surface area contributed by atoms with E-state index in [1.807, 2.05) is 47.5 Å². The van der Waals surface area contributed by atoms with Crippen LogP contribution in [0, 0.1) is 0 Å². The highest BCUT2D eigenvalue weighted by atomic mass is 32.2. The second-order valence-corrected chi connectivity index (χ2v) is 9.11. The molecular formula is C20H25N3O2S2. The van der Waals surface area contributed by atoms with Crippen LogP contribution < -0.4 is 5.32 Å². The SMILES string of the molecule is O=C(NCC1(N2CCSCC2)CCOCC1)c1csc(-c2ccccc2)n1.